The van der Waals surface area contributed by atoms with E-state index in [0.717, 1.165) is 5.56 Å². The van der Waals surface area contributed by atoms with Crippen molar-refractivity contribution in [1.82, 2.24) is 10.2 Å². The van der Waals surface area contributed by atoms with Crippen molar-refractivity contribution < 1.29 is 14.4 Å². The molecule has 0 aliphatic carbocycles. The summed E-state index contributed by atoms with van der Waals surface area (Å²) in [6.45, 7) is 5.71. The predicted octanol–water partition coefficient (Wildman–Crippen LogP) is 1.23. The molecule has 1 aromatic rings. The summed E-state index contributed by atoms with van der Waals surface area (Å²) in [5.41, 5.74) is 0.335. The van der Waals surface area contributed by atoms with Gasteiger partial charge in [-0.25, -0.2) is 0 Å². The van der Waals surface area contributed by atoms with Gasteiger partial charge in [-0.05, 0) is 26.3 Å². The number of benzene rings is 1. The van der Waals surface area contributed by atoms with Crippen LogP contribution < -0.4 is 10.6 Å². The van der Waals surface area contributed by atoms with Crippen molar-refractivity contribution in [3.05, 3.63) is 29.8 Å². The molecule has 3 aliphatic heterocycles. The SMILES string of the molecule is CCC(C)N1C(=O)[C@@H]2C(C)NC3(C(=O)Nc4ccccc43)[C@@H]2C1=O. The van der Waals surface area contributed by atoms with Gasteiger partial charge in [-0.15, -0.1) is 0 Å². The molecule has 0 aromatic heterocycles. The average Bonchev–Trinajstić information content (AvgIpc) is 3.12. The normalized spacial score (nSPS) is 35.4. The van der Waals surface area contributed by atoms with Gasteiger partial charge < -0.3 is 5.32 Å². The van der Waals surface area contributed by atoms with Gasteiger partial charge in [0, 0.05) is 23.3 Å². The zero-order valence-electron chi connectivity index (χ0n) is 14.0. The Morgan fingerprint density at radius 1 is 1.21 bits per heavy atom. The van der Waals surface area contributed by atoms with Gasteiger partial charge in [0.2, 0.25) is 17.7 Å². The van der Waals surface area contributed by atoms with E-state index in [9.17, 15) is 14.4 Å². The topological polar surface area (TPSA) is 78.5 Å². The van der Waals surface area contributed by atoms with Crippen molar-refractivity contribution in [2.75, 3.05) is 5.32 Å². The molecule has 24 heavy (non-hydrogen) atoms. The minimum atomic E-state index is -1.14. The molecule has 0 bridgehead atoms. The van der Waals surface area contributed by atoms with Gasteiger partial charge in [0.1, 0.15) is 5.54 Å². The van der Waals surface area contributed by atoms with Crippen molar-refractivity contribution >= 4 is 23.4 Å². The number of anilines is 1. The van der Waals surface area contributed by atoms with E-state index in [1.54, 1.807) is 0 Å². The third-order valence-corrected chi connectivity index (χ3v) is 5.84. The lowest BCUT2D eigenvalue weighted by molar-refractivity contribution is -0.145. The first-order valence-corrected chi connectivity index (χ1v) is 8.49. The number of carbonyl (C=O) groups is 3. The second kappa shape index (κ2) is 4.89. The molecule has 6 nitrogen and oxygen atoms in total. The molecule has 2 fully saturated rings. The third-order valence-electron chi connectivity index (χ3n) is 5.84. The molecule has 6 heteroatoms. The fourth-order valence-corrected chi connectivity index (χ4v) is 4.56. The first kappa shape index (κ1) is 15.3. The number of likely N-dealkylation sites (tertiary alicyclic amines) is 1. The van der Waals surface area contributed by atoms with Crippen molar-refractivity contribution in [3.63, 3.8) is 0 Å². The zero-order valence-corrected chi connectivity index (χ0v) is 14.0. The Labute approximate surface area is 140 Å². The van der Waals surface area contributed by atoms with Crippen LogP contribution in [0.1, 0.15) is 32.8 Å². The number of hydrogen-bond donors (Lipinski definition) is 2. The van der Waals surface area contributed by atoms with E-state index >= 15 is 0 Å². The van der Waals surface area contributed by atoms with Crippen LogP contribution in [-0.4, -0.2) is 34.7 Å². The summed E-state index contributed by atoms with van der Waals surface area (Å²) in [7, 11) is 0. The molecule has 2 N–H and O–H groups in total. The predicted molar refractivity (Wildman–Crippen MR) is 87.9 cm³/mol. The molecule has 3 unspecified atom stereocenters. The van der Waals surface area contributed by atoms with Crippen LogP contribution in [0.4, 0.5) is 5.69 Å². The number of carbonyl (C=O) groups excluding carboxylic acids is 3. The van der Waals surface area contributed by atoms with Crippen LogP contribution in [0.15, 0.2) is 24.3 Å². The zero-order chi connectivity index (χ0) is 17.2. The van der Waals surface area contributed by atoms with Crippen LogP contribution in [0, 0.1) is 11.8 Å². The fraction of sp³-hybridized carbons (Fsp3) is 0.500. The number of nitrogens with zero attached hydrogens (tertiary/aromatic N) is 1. The first-order valence-electron chi connectivity index (χ1n) is 8.49. The Bertz CT molecular complexity index is 762. The van der Waals surface area contributed by atoms with Crippen LogP contribution in [0.5, 0.6) is 0 Å². The summed E-state index contributed by atoms with van der Waals surface area (Å²) >= 11 is 0. The Morgan fingerprint density at radius 3 is 2.62 bits per heavy atom. The number of nitrogens with one attached hydrogen (secondary N) is 2. The number of amides is 3. The Kier molecular flexibility index (Phi) is 3.12. The molecule has 3 heterocycles. The van der Waals surface area contributed by atoms with Crippen molar-refractivity contribution in [2.45, 2.75) is 44.8 Å². The van der Waals surface area contributed by atoms with Gasteiger partial charge in [0.05, 0.1) is 11.8 Å². The molecule has 4 rings (SSSR count). The summed E-state index contributed by atoms with van der Waals surface area (Å²) in [6, 6.07) is 7.00. The van der Waals surface area contributed by atoms with E-state index in [0.29, 0.717) is 12.1 Å². The van der Waals surface area contributed by atoms with Crippen LogP contribution in [0.2, 0.25) is 0 Å². The highest BCUT2D eigenvalue weighted by atomic mass is 16.2. The Hall–Kier alpha value is -2.21. The molecular weight excluding hydrogens is 306 g/mol. The Morgan fingerprint density at radius 2 is 1.92 bits per heavy atom. The van der Waals surface area contributed by atoms with Gasteiger partial charge in [-0.2, -0.15) is 0 Å². The van der Waals surface area contributed by atoms with Gasteiger partial charge in [-0.1, -0.05) is 25.1 Å². The highest BCUT2D eigenvalue weighted by molar-refractivity contribution is 6.15. The second-order valence-corrected chi connectivity index (χ2v) is 7.05. The molecule has 5 atom stereocenters. The van der Waals surface area contributed by atoms with Gasteiger partial charge in [0.15, 0.2) is 0 Å². The standard InChI is InChI=1S/C18H21N3O3/c1-4-9(2)21-15(22)13-10(3)20-18(14(13)16(21)23)11-7-5-6-8-12(11)19-17(18)24/h5-10,13-14,20H,4H2,1-3H3,(H,19,24)/t9?,10?,13-,14+,18?/m1/s1. The number of imide groups is 1. The maximum Gasteiger partial charge on any atom is 0.250 e. The number of rotatable bonds is 2. The summed E-state index contributed by atoms with van der Waals surface area (Å²) in [4.78, 5) is 40.3. The van der Waals surface area contributed by atoms with Gasteiger partial charge in [-0.3, -0.25) is 24.6 Å². The lowest BCUT2D eigenvalue weighted by Gasteiger charge is -2.30. The molecule has 0 radical (unpaired) electrons. The van der Waals surface area contributed by atoms with E-state index in [-0.39, 0.29) is 29.8 Å². The second-order valence-electron chi connectivity index (χ2n) is 7.05. The number of hydrogen-bond acceptors (Lipinski definition) is 4. The monoisotopic (exact) mass is 327 g/mol. The maximum atomic E-state index is 13.1. The van der Waals surface area contributed by atoms with Crippen LogP contribution >= 0.6 is 0 Å². The fourth-order valence-electron chi connectivity index (χ4n) is 4.56. The molecule has 1 aromatic carbocycles. The van der Waals surface area contributed by atoms with Crippen molar-refractivity contribution in [1.29, 1.82) is 0 Å². The summed E-state index contributed by atoms with van der Waals surface area (Å²) in [5.74, 6) is -1.81. The molecule has 3 amide bonds. The van der Waals surface area contributed by atoms with Crippen molar-refractivity contribution in [3.8, 4) is 0 Å². The highest BCUT2D eigenvalue weighted by Crippen LogP contribution is 2.52. The van der Waals surface area contributed by atoms with E-state index < -0.39 is 17.4 Å². The van der Waals surface area contributed by atoms with E-state index in [2.05, 4.69) is 10.6 Å². The maximum absolute atomic E-state index is 13.1. The minimum absolute atomic E-state index is 0.153. The molecular formula is C18H21N3O3. The smallest absolute Gasteiger partial charge is 0.250 e. The first-order chi connectivity index (χ1) is 11.4. The average molecular weight is 327 g/mol. The minimum Gasteiger partial charge on any atom is -0.324 e. The van der Waals surface area contributed by atoms with Crippen LogP contribution in [0.3, 0.4) is 0 Å². The Balaban J connectivity index is 1.88. The highest BCUT2D eigenvalue weighted by Gasteiger charge is 2.69. The molecule has 1 spiro atoms. The number of para-hydroxylation sites is 1. The van der Waals surface area contributed by atoms with Crippen molar-refractivity contribution in [2.24, 2.45) is 11.8 Å². The summed E-state index contributed by atoms with van der Waals surface area (Å²) < 4.78 is 0. The van der Waals surface area contributed by atoms with E-state index in [1.165, 1.54) is 4.90 Å². The summed E-state index contributed by atoms with van der Waals surface area (Å²) in [6.07, 6.45) is 0.703. The molecule has 0 saturated carbocycles. The third kappa shape index (κ3) is 1.61. The van der Waals surface area contributed by atoms with Gasteiger partial charge >= 0.3 is 0 Å². The molecule has 126 valence electrons. The van der Waals surface area contributed by atoms with Crippen LogP contribution in [-0.2, 0) is 19.9 Å². The summed E-state index contributed by atoms with van der Waals surface area (Å²) in [5, 5.41) is 6.17. The van der Waals surface area contributed by atoms with E-state index in [1.807, 2.05) is 45.0 Å². The van der Waals surface area contributed by atoms with E-state index in [4.69, 9.17) is 0 Å². The molecule has 2 saturated heterocycles. The number of fused-ring (bicyclic) bond motifs is 4. The lowest BCUT2D eigenvalue weighted by atomic mass is 9.76. The van der Waals surface area contributed by atoms with Crippen LogP contribution in [0.25, 0.3) is 0 Å². The lowest BCUT2D eigenvalue weighted by Crippen LogP contribution is -2.53. The quantitative estimate of drug-likeness (QED) is 0.801. The largest absolute Gasteiger partial charge is 0.324 e. The molecule has 3 aliphatic rings. The van der Waals surface area contributed by atoms with Gasteiger partial charge in [0.25, 0.3) is 0 Å².